The maximum Gasteiger partial charge on any atom is 0.272 e. The second kappa shape index (κ2) is 6.51. The van der Waals surface area contributed by atoms with E-state index in [4.69, 9.17) is 9.84 Å². The molecule has 0 unspecified atom stereocenters. The van der Waals surface area contributed by atoms with E-state index in [2.05, 4.69) is 15.5 Å². The topological polar surface area (TPSA) is 87.2 Å². The zero-order valence-electron chi connectivity index (χ0n) is 10.4. The predicted octanol–water partition coefficient (Wildman–Crippen LogP) is 0.0272. The van der Waals surface area contributed by atoms with Crippen LogP contribution in [0.1, 0.15) is 34.6 Å². The summed E-state index contributed by atoms with van der Waals surface area (Å²) in [5.41, 5.74) is 2.72. The number of aliphatic hydroxyl groups is 1. The standard InChI is InChI=1S/C12H19N3O3/c16-6-8-18-7-2-5-13-12(17)11-9-3-1-4-10(9)14-15-11/h16H,1-8H2,(H,13,17)(H,14,15). The van der Waals surface area contributed by atoms with E-state index in [1.54, 1.807) is 0 Å². The molecular weight excluding hydrogens is 234 g/mol. The molecule has 1 amide bonds. The number of carbonyl (C=O) groups is 1. The van der Waals surface area contributed by atoms with E-state index in [0.29, 0.717) is 25.5 Å². The first-order valence-electron chi connectivity index (χ1n) is 6.36. The Bertz CT molecular complexity index is 403. The Balaban J connectivity index is 1.71. The first-order chi connectivity index (χ1) is 8.83. The van der Waals surface area contributed by atoms with Crippen LogP contribution in [-0.4, -0.2) is 47.6 Å². The van der Waals surface area contributed by atoms with Crippen molar-refractivity contribution in [2.75, 3.05) is 26.4 Å². The first kappa shape index (κ1) is 13.0. The number of aryl methyl sites for hydroxylation is 1. The molecule has 0 radical (unpaired) electrons. The zero-order chi connectivity index (χ0) is 12.8. The maximum atomic E-state index is 11.9. The van der Waals surface area contributed by atoms with Crippen molar-refractivity contribution >= 4 is 5.91 Å². The molecule has 18 heavy (non-hydrogen) atoms. The van der Waals surface area contributed by atoms with Crippen LogP contribution in [0.25, 0.3) is 0 Å². The Labute approximate surface area is 106 Å². The normalized spacial score (nSPS) is 13.6. The molecule has 0 saturated heterocycles. The summed E-state index contributed by atoms with van der Waals surface area (Å²) >= 11 is 0. The molecule has 0 atom stereocenters. The first-order valence-corrected chi connectivity index (χ1v) is 6.36. The maximum absolute atomic E-state index is 11.9. The minimum absolute atomic E-state index is 0.0335. The van der Waals surface area contributed by atoms with Crippen molar-refractivity contribution in [2.45, 2.75) is 25.7 Å². The third kappa shape index (κ3) is 3.08. The number of amides is 1. The van der Waals surface area contributed by atoms with Gasteiger partial charge in [-0.1, -0.05) is 0 Å². The summed E-state index contributed by atoms with van der Waals surface area (Å²) in [5.74, 6) is -0.114. The minimum Gasteiger partial charge on any atom is -0.394 e. The van der Waals surface area contributed by atoms with Gasteiger partial charge in [-0.05, 0) is 25.7 Å². The van der Waals surface area contributed by atoms with Gasteiger partial charge in [-0.3, -0.25) is 9.89 Å². The average molecular weight is 253 g/mol. The van der Waals surface area contributed by atoms with Crippen molar-refractivity contribution in [3.05, 3.63) is 17.0 Å². The number of nitrogens with zero attached hydrogens (tertiary/aromatic N) is 1. The lowest BCUT2D eigenvalue weighted by Gasteiger charge is -2.04. The largest absolute Gasteiger partial charge is 0.394 e. The lowest BCUT2D eigenvalue weighted by atomic mass is 10.2. The monoisotopic (exact) mass is 253 g/mol. The van der Waals surface area contributed by atoms with Gasteiger partial charge in [-0.25, -0.2) is 0 Å². The van der Waals surface area contributed by atoms with Crippen LogP contribution < -0.4 is 5.32 Å². The fourth-order valence-corrected chi connectivity index (χ4v) is 2.13. The molecule has 0 spiro atoms. The minimum atomic E-state index is -0.114. The Hall–Kier alpha value is -1.40. The summed E-state index contributed by atoms with van der Waals surface area (Å²) in [6.07, 6.45) is 3.76. The van der Waals surface area contributed by atoms with E-state index in [-0.39, 0.29) is 12.5 Å². The van der Waals surface area contributed by atoms with E-state index < -0.39 is 0 Å². The summed E-state index contributed by atoms with van der Waals surface area (Å²) < 4.78 is 5.11. The van der Waals surface area contributed by atoms with Gasteiger partial charge in [0.25, 0.3) is 5.91 Å². The molecule has 1 aromatic rings. The van der Waals surface area contributed by atoms with Crippen molar-refractivity contribution in [1.29, 1.82) is 0 Å². The van der Waals surface area contributed by atoms with Gasteiger partial charge in [0.15, 0.2) is 5.69 Å². The van der Waals surface area contributed by atoms with Crippen LogP contribution in [0.4, 0.5) is 0 Å². The third-order valence-corrected chi connectivity index (χ3v) is 3.01. The molecule has 1 aromatic heterocycles. The Morgan fingerprint density at radius 2 is 2.33 bits per heavy atom. The van der Waals surface area contributed by atoms with Gasteiger partial charge in [-0.15, -0.1) is 0 Å². The number of carbonyl (C=O) groups excluding carboxylic acids is 1. The lowest BCUT2D eigenvalue weighted by Crippen LogP contribution is -2.26. The number of hydrogen-bond donors (Lipinski definition) is 3. The van der Waals surface area contributed by atoms with Crippen LogP contribution in [0, 0.1) is 0 Å². The highest BCUT2D eigenvalue weighted by atomic mass is 16.5. The van der Waals surface area contributed by atoms with Gasteiger partial charge in [-0.2, -0.15) is 5.10 Å². The smallest absolute Gasteiger partial charge is 0.272 e. The molecule has 0 fully saturated rings. The number of rotatable bonds is 7. The second-order valence-corrected chi connectivity index (χ2v) is 4.33. The van der Waals surface area contributed by atoms with Gasteiger partial charge in [0.05, 0.1) is 13.2 Å². The Morgan fingerprint density at radius 3 is 3.17 bits per heavy atom. The van der Waals surface area contributed by atoms with Crippen molar-refractivity contribution in [1.82, 2.24) is 15.5 Å². The molecule has 1 heterocycles. The fourth-order valence-electron chi connectivity index (χ4n) is 2.13. The van der Waals surface area contributed by atoms with Crippen LogP contribution in [0.3, 0.4) is 0 Å². The molecule has 0 saturated carbocycles. The highest BCUT2D eigenvalue weighted by molar-refractivity contribution is 5.94. The number of ether oxygens (including phenoxy) is 1. The van der Waals surface area contributed by atoms with Gasteiger partial charge in [0.1, 0.15) is 0 Å². The molecule has 100 valence electrons. The van der Waals surface area contributed by atoms with E-state index in [9.17, 15) is 4.79 Å². The number of hydrogen-bond acceptors (Lipinski definition) is 4. The van der Waals surface area contributed by atoms with Crippen molar-refractivity contribution in [3.63, 3.8) is 0 Å². The zero-order valence-corrected chi connectivity index (χ0v) is 10.4. The van der Waals surface area contributed by atoms with E-state index in [0.717, 1.165) is 36.9 Å². The average Bonchev–Trinajstić information content (AvgIpc) is 2.95. The molecule has 0 aliphatic heterocycles. The molecule has 3 N–H and O–H groups in total. The van der Waals surface area contributed by atoms with Crippen molar-refractivity contribution in [2.24, 2.45) is 0 Å². The van der Waals surface area contributed by atoms with Crippen LogP contribution in [0.2, 0.25) is 0 Å². The van der Waals surface area contributed by atoms with Crippen LogP contribution in [0.15, 0.2) is 0 Å². The quantitative estimate of drug-likeness (QED) is 0.598. The molecule has 1 aliphatic rings. The predicted molar refractivity (Wildman–Crippen MR) is 65.5 cm³/mol. The van der Waals surface area contributed by atoms with Crippen molar-refractivity contribution < 1.29 is 14.6 Å². The fraction of sp³-hybridized carbons (Fsp3) is 0.667. The summed E-state index contributed by atoms with van der Waals surface area (Å²) in [6.45, 7) is 1.48. The highest BCUT2D eigenvalue weighted by Gasteiger charge is 2.22. The molecule has 2 rings (SSSR count). The van der Waals surface area contributed by atoms with E-state index in [1.807, 2.05) is 0 Å². The van der Waals surface area contributed by atoms with Gasteiger partial charge >= 0.3 is 0 Å². The van der Waals surface area contributed by atoms with Gasteiger partial charge < -0.3 is 15.2 Å². The van der Waals surface area contributed by atoms with Crippen LogP contribution in [0.5, 0.6) is 0 Å². The second-order valence-electron chi connectivity index (χ2n) is 4.33. The van der Waals surface area contributed by atoms with E-state index >= 15 is 0 Å². The Morgan fingerprint density at radius 1 is 1.44 bits per heavy atom. The number of aromatic nitrogens is 2. The van der Waals surface area contributed by atoms with E-state index in [1.165, 1.54) is 0 Å². The van der Waals surface area contributed by atoms with Crippen LogP contribution in [-0.2, 0) is 17.6 Å². The number of nitrogens with one attached hydrogen (secondary N) is 2. The number of fused-ring (bicyclic) bond motifs is 1. The van der Waals surface area contributed by atoms with Gasteiger partial charge in [0, 0.05) is 24.4 Å². The molecular formula is C12H19N3O3. The summed E-state index contributed by atoms with van der Waals surface area (Å²) in [7, 11) is 0. The summed E-state index contributed by atoms with van der Waals surface area (Å²) in [6, 6.07) is 0. The molecule has 0 bridgehead atoms. The molecule has 1 aliphatic carbocycles. The summed E-state index contributed by atoms with van der Waals surface area (Å²) in [5, 5.41) is 18.3. The summed E-state index contributed by atoms with van der Waals surface area (Å²) in [4.78, 5) is 11.9. The third-order valence-electron chi connectivity index (χ3n) is 3.01. The highest BCUT2D eigenvalue weighted by Crippen LogP contribution is 2.22. The van der Waals surface area contributed by atoms with Gasteiger partial charge in [0.2, 0.25) is 0 Å². The van der Waals surface area contributed by atoms with Crippen LogP contribution >= 0.6 is 0 Å². The van der Waals surface area contributed by atoms with Crippen molar-refractivity contribution in [3.8, 4) is 0 Å². The molecule has 6 heteroatoms. The SMILES string of the molecule is O=C(NCCCOCCO)c1n[nH]c2c1CCC2. The number of aliphatic hydroxyl groups excluding tert-OH is 1. The lowest BCUT2D eigenvalue weighted by molar-refractivity contribution is 0.0865. The molecule has 6 nitrogen and oxygen atoms in total. The molecule has 0 aromatic carbocycles. The Kier molecular flexibility index (Phi) is 4.72. The number of aromatic amines is 1. The number of H-pyrrole nitrogens is 1.